The molecular weight excluding hydrogens is 380 g/mol. The predicted molar refractivity (Wildman–Crippen MR) is 107 cm³/mol. The van der Waals surface area contributed by atoms with Gasteiger partial charge in [-0.15, -0.1) is 0 Å². The quantitative estimate of drug-likeness (QED) is 0.338. The second-order valence-electron chi connectivity index (χ2n) is 6.10. The van der Waals surface area contributed by atoms with Gasteiger partial charge in [0, 0.05) is 41.7 Å². The maximum Gasteiger partial charge on any atom is 0.301 e. The van der Waals surface area contributed by atoms with E-state index in [-0.39, 0.29) is 17.8 Å². The van der Waals surface area contributed by atoms with Gasteiger partial charge in [0.2, 0.25) is 5.91 Å². The van der Waals surface area contributed by atoms with Crippen LogP contribution in [0.4, 0.5) is 17.1 Å². The normalized spacial score (nSPS) is 11.0. The molecule has 0 bridgehead atoms. The molecule has 3 aromatic rings. The van der Waals surface area contributed by atoms with Crippen molar-refractivity contribution in [1.29, 1.82) is 0 Å². The molecular formula is C18H16N6O5. The molecule has 0 aliphatic carbocycles. The number of aryl methyl sites for hydroxylation is 1. The Morgan fingerprint density at radius 1 is 1.17 bits per heavy atom. The molecule has 1 aromatic heterocycles. The molecule has 0 aliphatic heterocycles. The number of nitrogens with zero attached hydrogens (tertiary/aromatic N) is 4. The number of nitro benzene ring substituents is 2. The van der Waals surface area contributed by atoms with Crippen LogP contribution < -0.4 is 11.2 Å². The third-order valence-electron chi connectivity index (χ3n) is 4.20. The molecule has 0 unspecified atom stereocenters. The summed E-state index contributed by atoms with van der Waals surface area (Å²) in [6.07, 6.45) is 3.46. The smallest absolute Gasteiger partial charge is 0.301 e. The molecule has 0 saturated heterocycles. The van der Waals surface area contributed by atoms with Crippen LogP contribution in [0.2, 0.25) is 0 Å². The summed E-state index contributed by atoms with van der Waals surface area (Å²) in [7, 11) is 0. The highest BCUT2D eigenvalue weighted by Crippen LogP contribution is 2.29. The Labute approximate surface area is 163 Å². The van der Waals surface area contributed by atoms with Gasteiger partial charge >= 0.3 is 5.69 Å². The van der Waals surface area contributed by atoms with Crippen molar-refractivity contribution >= 4 is 40.1 Å². The maximum absolute atomic E-state index is 11.2. The van der Waals surface area contributed by atoms with Crippen LogP contribution >= 0.6 is 0 Å². The molecule has 2 aromatic carbocycles. The summed E-state index contributed by atoms with van der Waals surface area (Å²) in [4.78, 5) is 31.6. The molecule has 0 saturated carbocycles. The van der Waals surface area contributed by atoms with Gasteiger partial charge in [0.05, 0.1) is 22.1 Å². The Morgan fingerprint density at radius 3 is 2.62 bits per heavy atom. The van der Waals surface area contributed by atoms with E-state index in [4.69, 9.17) is 5.73 Å². The zero-order valence-electron chi connectivity index (χ0n) is 15.0. The van der Waals surface area contributed by atoms with Gasteiger partial charge in [-0.2, -0.15) is 5.10 Å². The SMILES string of the molecule is NC(=O)CCn1cc(/C=N\Nc2ccc([N+](=O)[O-])cc2[N+](=O)[O-])c2ccccc21. The summed E-state index contributed by atoms with van der Waals surface area (Å²) < 4.78 is 1.87. The number of non-ortho nitro benzene ring substituents is 1. The summed E-state index contributed by atoms with van der Waals surface area (Å²) in [5.74, 6) is -0.412. The monoisotopic (exact) mass is 396 g/mol. The molecule has 29 heavy (non-hydrogen) atoms. The van der Waals surface area contributed by atoms with E-state index in [0.717, 1.165) is 28.6 Å². The molecule has 0 radical (unpaired) electrons. The van der Waals surface area contributed by atoms with Gasteiger partial charge in [-0.3, -0.25) is 30.4 Å². The van der Waals surface area contributed by atoms with Gasteiger partial charge < -0.3 is 10.3 Å². The third-order valence-corrected chi connectivity index (χ3v) is 4.20. The van der Waals surface area contributed by atoms with Crippen LogP contribution in [0.1, 0.15) is 12.0 Å². The number of hydrogen-bond donors (Lipinski definition) is 2. The van der Waals surface area contributed by atoms with Crippen LogP contribution in [0.3, 0.4) is 0 Å². The maximum atomic E-state index is 11.2. The molecule has 3 N–H and O–H groups in total. The molecule has 3 rings (SSSR count). The number of hydrazone groups is 1. The fraction of sp³-hybridized carbons (Fsp3) is 0.111. The first-order valence-corrected chi connectivity index (χ1v) is 8.45. The van der Waals surface area contributed by atoms with E-state index in [0.29, 0.717) is 6.54 Å². The van der Waals surface area contributed by atoms with Gasteiger partial charge in [-0.1, -0.05) is 18.2 Å². The van der Waals surface area contributed by atoms with Crippen molar-refractivity contribution in [3.63, 3.8) is 0 Å². The Hall–Kier alpha value is -4.28. The standard InChI is InChI=1S/C18H16N6O5/c19-18(25)7-8-22-11-12(14-3-1-2-4-16(14)22)10-20-21-15-6-5-13(23(26)27)9-17(15)24(28)29/h1-6,9-11,21H,7-8H2,(H2,19,25)/b20-10-. The number of carbonyl (C=O) groups excluding carboxylic acids is 1. The van der Waals surface area contributed by atoms with E-state index in [1.165, 1.54) is 12.3 Å². The van der Waals surface area contributed by atoms with Crippen molar-refractivity contribution < 1.29 is 14.6 Å². The zero-order chi connectivity index (χ0) is 21.0. The minimum absolute atomic E-state index is 0.0225. The Bertz CT molecular complexity index is 1140. The number of nitrogens with one attached hydrogen (secondary N) is 1. The first kappa shape index (κ1) is 19.5. The molecule has 148 valence electrons. The van der Waals surface area contributed by atoms with Crippen molar-refractivity contribution in [2.45, 2.75) is 13.0 Å². The van der Waals surface area contributed by atoms with E-state index < -0.39 is 21.4 Å². The van der Waals surface area contributed by atoms with Crippen molar-refractivity contribution in [1.82, 2.24) is 4.57 Å². The molecule has 11 heteroatoms. The number of fused-ring (bicyclic) bond motifs is 1. The Morgan fingerprint density at radius 2 is 1.93 bits per heavy atom. The lowest BCUT2D eigenvalue weighted by molar-refractivity contribution is -0.393. The number of hydrogen-bond acceptors (Lipinski definition) is 7. The highest BCUT2D eigenvalue weighted by atomic mass is 16.6. The molecule has 1 amide bonds. The fourth-order valence-corrected chi connectivity index (χ4v) is 2.84. The van der Waals surface area contributed by atoms with Gasteiger partial charge in [0.25, 0.3) is 5.69 Å². The summed E-state index contributed by atoms with van der Waals surface area (Å²) in [5.41, 5.74) is 8.56. The molecule has 0 fully saturated rings. The average molecular weight is 396 g/mol. The molecule has 0 spiro atoms. The lowest BCUT2D eigenvalue weighted by atomic mass is 10.2. The predicted octanol–water partition coefficient (Wildman–Crippen LogP) is 2.78. The highest BCUT2D eigenvalue weighted by Gasteiger charge is 2.19. The van der Waals surface area contributed by atoms with Crippen LogP contribution in [0.25, 0.3) is 10.9 Å². The van der Waals surface area contributed by atoms with E-state index >= 15 is 0 Å². The van der Waals surface area contributed by atoms with Gasteiger partial charge in [0.1, 0.15) is 5.69 Å². The highest BCUT2D eigenvalue weighted by molar-refractivity contribution is 5.99. The van der Waals surface area contributed by atoms with E-state index in [9.17, 15) is 25.0 Å². The number of benzene rings is 2. The minimum atomic E-state index is -0.722. The second-order valence-corrected chi connectivity index (χ2v) is 6.10. The minimum Gasteiger partial charge on any atom is -0.370 e. The van der Waals surface area contributed by atoms with Gasteiger partial charge in [0.15, 0.2) is 0 Å². The number of nitrogens with two attached hydrogens (primary N) is 1. The average Bonchev–Trinajstić information content (AvgIpc) is 3.04. The van der Waals surface area contributed by atoms with Gasteiger partial charge in [-0.25, -0.2) is 0 Å². The second kappa shape index (κ2) is 8.17. The largest absolute Gasteiger partial charge is 0.370 e. The van der Waals surface area contributed by atoms with E-state index in [1.807, 2.05) is 28.8 Å². The third kappa shape index (κ3) is 4.35. The lowest BCUT2D eigenvalue weighted by Gasteiger charge is -2.02. The Kier molecular flexibility index (Phi) is 5.49. The zero-order valence-corrected chi connectivity index (χ0v) is 15.0. The number of carbonyl (C=O) groups is 1. The van der Waals surface area contributed by atoms with Crippen LogP contribution in [0, 0.1) is 20.2 Å². The summed E-state index contributed by atoms with van der Waals surface area (Å²) in [6.45, 7) is 0.408. The fourth-order valence-electron chi connectivity index (χ4n) is 2.84. The first-order chi connectivity index (χ1) is 13.9. The summed E-state index contributed by atoms with van der Waals surface area (Å²) in [5, 5.41) is 26.9. The number of anilines is 1. The van der Waals surface area contributed by atoms with Crippen molar-refractivity contribution in [2.24, 2.45) is 10.8 Å². The summed E-state index contributed by atoms with van der Waals surface area (Å²) >= 11 is 0. The summed E-state index contributed by atoms with van der Waals surface area (Å²) in [6, 6.07) is 10.7. The Balaban J connectivity index is 1.87. The number of aromatic nitrogens is 1. The number of rotatable bonds is 8. The van der Waals surface area contributed by atoms with Crippen molar-refractivity contribution in [3.05, 3.63) is 74.5 Å². The first-order valence-electron chi connectivity index (χ1n) is 8.45. The van der Waals surface area contributed by atoms with Crippen LogP contribution in [-0.4, -0.2) is 26.5 Å². The van der Waals surface area contributed by atoms with E-state index in [2.05, 4.69) is 10.5 Å². The number of nitro groups is 2. The number of para-hydroxylation sites is 1. The molecule has 11 nitrogen and oxygen atoms in total. The van der Waals surface area contributed by atoms with Crippen LogP contribution in [0.15, 0.2) is 53.8 Å². The topological polar surface area (TPSA) is 159 Å². The molecule has 1 heterocycles. The molecule has 0 aliphatic rings. The van der Waals surface area contributed by atoms with Crippen LogP contribution in [0.5, 0.6) is 0 Å². The van der Waals surface area contributed by atoms with Crippen molar-refractivity contribution in [2.75, 3.05) is 5.43 Å². The number of primary amides is 1. The van der Waals surface area contributed by atoms with Gasteiger partial charge in [-0.05, 0) is 12.1 Å². The number of amides is 1. The molecule has 0 atom stereocenters. The lowest BCUT2D eigenvalue weighted by Crippen LogP contribution is -2.13. The van der Waals surface area contributed by atoms with Crippen molar-refractivity contribution in [3.8, 4) is 0 Å². The van der Waals surface area contributed by atoms with Crippen LogP contribution in [-0.2, 0) is 11.3 Å². The van der Waals surface area contributed by atoms with E-state index in [1.54, 1.807) is 6.20 Å².